The van der Waals surface area contributed by atoms with Crippen LogP contribution in [-0.2, 0) is 6.42 Å². The molecular weight excluding hydrogens is 237 g/mol. The van der Waals surface area contributed by atoms with Crippen LogP contribution in [0.3, 0.4) is 0 Å². The Balaban J connectivity index is 2.27. The summed E-state index contributed by atoms with van der Waals surface area (Å²) in [5.74, 6) is -0.286. The van der Waals surface area contributed by atoms with Gasteiger partial charge >= 0.3 is 0 Å². The highest BCUT2D eigenvalue weighted by molar-refractivity contribution is 6.31. The highest BCUT2D eigenvalue weighted by Crippen LogP contribution is 2.17. The van der Waals surface area contributed by atoms with Crippen LogP contribution < -0.4 is 5.32 Å². The van der Waals surface area contributed by atoms with E-state index in [4.69, 9.17) is 11.6 Å². The molecule has 0 aliphatic rings. The fourth-order valence-corrected chi connectivity index (χ4v) is 1.75. The first kappa shape index (κ1) is 14.2. The second-order valence-electron chi connectivity index (χ2n) is 3.95. The number of hydrogen-bond acceptors (Lipinski definition) is 1. The summed E-state index contributed by atoms with van der Waals surface area (Å²) in [6.45, 7) is 4.22. The lowest BCUT2D eigenvalue weighted by Crippen LogP contribution is -2.14. The molecule has 0 saturated heterocycles. The highest BCUT2D eigenvalue weighted by atomic mass is 35.5. The van der Waals surface area contributed by atoms with E-state index in [1.54, 1.807) is 6.07 Å². The second kappa shape index (κ2) is 8.26. The zero-order valence-electron chi connectivity index (χ0n) is 10.2. The third-order valence-electron chi connectivity index (χ3n) is 2.43. The quantitative estimate of drug-likeness (QED) is 0.574. The molecule has 0 saturated carbocycles. The van der Waals surface area contributed by atoms with Gasteiger partial charge in [-0.15, -0.1) is 0 Å². The average Bonchev–Trinajstić information content (AvgIpc) is 2.30. The minimum atomic E-state index is -0.286. The highest BCUT2D eigenvalue weighted by Gasteiger charge is 1.99. The first-order valence-corrected chi connectivity index (χ1v) is 6.41. The molecule has 0 spiro atoms. The summed E-state index contributed by atoms with van der Waals surface area (Å²) in [5.41, 5.74) is 0.964. The molecule has 17 heavy (non-hydrogen) atoms. The first-order valence-electron chi connectivity index (χ1n) is 6.03. The van der Waals surface area contributed by atoms with E-state index in [1.807, 2.05) is 0 Å². The lowest BCUT2D eigenvalue weighted by atomic mass is 10.1. The van der Waals surface area contributed by atoms with E-state index in [1.165, 1.54) is 12.1 Å². The summed E-state index contributed by atoms with van der Waals surface area (Å²) in [4.78, 5) is 0. The summed E-state index contributed by atoms with van der Waals surface area (Å²) in [7, 11) is 0. The number of allylic oxidation sites excluding steroid dienone is 1. The average molecular weight is 256 g/mol. The lowest BCUT2D eigenvalue weighted by molar-refractivity contribution is 0.627. The van der Waals surface area contributed by atoms with Gasteiger partial charge in [0.25, 0.3) is 0 Å². The van der Waals surface area contributed by atoms with Gasteiger partial charge in [0.05, 0.1) is 0 Å². The van der Waals surface area contributed by atoms with Gasteiger partial charge in [-0.25, -0.2) is 4.39 Å². The van der Waals surface area contributed by atoms with E-state index in [-0.39, 0.29) is 5.82 Å². The molecule has 1 nitrogen and oxygen atoms in total. The van der Waals surface area contributed by atoms with Crippen LogP contribution >= 0.6 is 11.6 Å². The van der Waals surface area contributed by atoms with Gasteiger partial charge in [0, 0.05) is 5.02 Å². The van der Waals surface area contributed by atoms with E-state index < -0.39 is 0 Å². The summed E-state index contributed by atoms with van der Waals surface area (Å²) in [5, 5.41) is 3.82. The predicted octanol–water partition coefficient (Wildman–Crippen LogP) is 3.97. The van der Waals surface area contributed by atoms with Crippen LogP contribution in [0.15, 0.2) is 30.4 Å². The van der Waals surface area contributed by atoms with Crippen molar-refractivity contribution in [2.75, 3.05) is 13.1 Å². The minimum Gasteiger partial charge on any atom is -0.316 e. The monoisotopic (exact) mass is 255 g/mol. The summed E-state index contributed by atoms with van der Waals surface area (Å²) in [6, 6.07) is 4.53. The van der Waals surface area contributed by atoms with Crippen LogP contribution in [0.4, 0.5) is 4.39 Å². The van der Waals surface area contributed by atoms with Crippen LogP contribution in [0.25, 0.3) is 0 Å². The molecule has 3 heteroatoms. The van der Waals surface area contributed by atoms with Gasteiger partial charge in [-0.05, 0) is 50.0 Å². The van der Waals surface area contributed by atoms with E-state index in [2.05, 4.69) is 24.4 Å². The zero-order chi connectivity index (χ0) is 12.5. The third-order valence-corrected chi connectivity index (χ3v) is 2.79. The largest absolute Gasteiger partial charge is 0.316 e. The molecule has 0 fully saturated rings. The normalized spacial score (nSPS) is 11.2. The number of rotatable bonds is 7. The molecule has 0 aliphatic heterocycles. The minimum absolute atomic E-state index is 0.286. The Bertz CT molecular complexity index is 363. The maximum absolute atomic E-state index is 12.8. The Kier molecular flexibility index (Phi) is 6.90. The predicted molar refractivity (Wildman–Crippen MR) is 72.0 cm³/mol. The molecule has 1 aromatic rings. The van der Waals surface area contributed by atoms with Crippen molar-refractivity contribution < 1.29 is 4.39 Å². The van der Waals surface area contributed by atoms with Crippen LogP contribution in [0.2, 0.25) is 5.02 Å². The van der Waals surface area contributed by atoms with Crippen LogP contribution in [0.1, 0.15) is 25.3 Å². The number of halogens is 2. The van der Waals surface area contributed by atoms with Crippen LogP contribution in [-0.4, -0.2) is 13.1 Å². The smallest absolute Gasteiger partial charge is 0.124 e. The first-order chi connectivity index (χ1) is 8.24. The Labute approximate surface area is 108 Å². The lowest BCUT2D eigenvalue weighted by Gasteiger charge is -2.01. The Morgan fingerprint density at radius 3 is 2.82 bits per heavy atom. The Morgan fingerprint density at radius 2 is 2.12 bits per heavy atom. The summed E-state index contributed by atoms with van der Waals surface area (Å²) >= 11 is 5.92. The molecule has 0 bridgehead atoms. The van der Waals surface area contributed by atoms with Gasteiger partial charge in [-0.1, -0.05) is 36.7 Å². The van der Waals surface area contributed by atoms with Gasteiger partial charge in [-0.2, -0.15) is 0 Å². The van der Waals surface area contributed by atoms with Gasteiger partial charge in [0.2, 0.25) is 0 Å². The standard InChI is InChI=1S/C14H19ClFN/c1-2-9-17-10-5-3-4-6-12-7-8-13(16)11-14(12)15/h3-4,7-8,11,17H,2,5-6,9-10H2,1H3. The van der Waals surface area contributed by atoms with Crippen molar-refractivity contribution >= 4 is 11.6 Å². The van der Waals surface area contributed by atoms with Crippen LogP contribution in [0, 0.1) is 5.82 Å². The maximum Gasteiger partial charge on any atom is 0.124 e. The van der Waals surface area contributed by atoms with Crippen LogP contribution in [0.5, 0.6) is 0 Å². The van der Waals surface area contributed by atoms with Gasteiger partial charge in [0.15, 0.2) is 0 Å². The van der Waals surface area contributed by atoms with E-state index >= 15 is 0 Å². The SMILES string of the molecule is CCCNCCC=CCc1ccc(F)cc1Cl. The number of hydrogen-bond donors (Lipinski definition) is 1. The molecule has 0 amide bonds. The molecule has 94 valence electrons. The maximum atomic E-state index is 12.8. The van der Waals surface area contributed by atoms with Gasteiger partial charge in [0.1, 0.15) is 5.82 Å². The third kappa shape index (κ3) is 5.85. The summed E-state index contributed by atoms with van der Waals surface area (Å²) < 4.78 is 12.8. The molecule has 0 atom stereocenters. The molecule has 0 aromatic heterocycles. The molecule has 0 radical (unpaired) electrons. The molecule has 0 unspecified atom stereocenters. The van der Waals surface area contributed by atoms with Crippen molar-refractivity contribution in [3.8, 4) is 0 Å². The van der Waals surface area contributed by atoms with Crippen molar-refractivity contribution in [3.63, 3.8) is 0 Å². The molecule has 1 rings (SSSR count). The van der Waals surface area contributed by atoms with Crippen molar-refractivity contribution in [2.45, 2.75) is 26.2 Å². The van der Waals surface area contributed by atoms with Gasteiger partial charge < -0.3 is 5.32 Å². The van der Waals surface area contributed by atoms with Crippen molar-refractivity contribution in [2.24, 2.45) is 0 Å². The number of benzene rings is 1. The summed E-state index contributed by atoms with van der Waals surface area (Å²) in [6.07, 6.45) is 7.13. The molecular formula is C14H19ClFN. The van der Waals surface area contributed by atoms with Crippen molar-refractivity contribution in [3.05, 3.63) is 46.8 Å². The van der Waals surface area contributed by atoms with Gasteiger partial charge in [-0.3, -0.25) is 0 Å². The van der Waals surface area contributed by atoms with Crippen molar-refractivity contribution in [1.82, 2.24) is 5.32 Å². The zero-order valence-corrected chi connectivity index (χ0v) is 10.9. The van der Waals surface area contributed by atoms with Crippen molar-refractivity contribution in [1.29, 1.82) is 0 Å². The topological polar surface area (TPSA) is 12.0 Å². The number of nitrogens with one attached hydrogen (secondary N) is 1. The fourth-order valence-electron chi connectivity index (χ4n) is 1.50. The van der Waals surface area contributed by atoms with E-state index in [0.717, 1.165) is 37.9 Å². The fraction of sp³-hybridized carbons (Fsp3) is 0.429. The second-order valence-corrected chi connectivity index (χ2v) is 4.36. The molecule has 0 aliphatic carbocycles. The Hall–Kier alpha value is -0.860. The Morgan fingerprint density at radius 1 is 1.29 bits per heavy atom. The van der Waals surface area contributed by atoms with E-state index in [0.29, 0.717) is 5.02 Å². The molecule has 1 aromatic carbocycles. The van der Waals surface area contributed by atoms with E-state index in [9.17, 15) is 4.39 Å². The molecule has 0 heterocycles. The molecule has 1 N–H and O–H groups in total.